The van der Waals surface area contributed by atoms with E-state index < -0.39 is 54.0 Å². The van der Waals surface area contributed by atoms with Gasteiger partial charge in [-0.25, -0.2) is 29.3 Å². The number of halogens is 12. The second-order valence-electron chi connectivity index (χ2n) is 14.1. The number of nitrogens with zero attached hydrogens (tertiary/aromatic N) is 8. The van der Waals surface area contributed by atoms with E-state index in [2.05, 4.69) is 46.3 Å². The number of carboxylic acid groups (broad SMARTS) is 3. The Bertz CT molecular complexity index is 2210. The van der Waals surface area contributed by atoms with Gasteiger partial charge in [-0.3, -0.25) is 9.58 Å². The summed E-state index contributed by atoms with van der Waals surface area (Å²) in [4.78, 5) is 48.2. The lowest BCUT2D eigenvalue weighted by atomic mass is 9.82. The van der Waals surface area contributed by atoms with Gasteiger partial charge in [0.05, 0.1) is 30.1 Å². The number of hydrogen-bond donors (Lipinski definition) is 5. The molecule has 2 fully saturated rings. The third kappa shape index (κ3) is 16.0. The molecule has 2 aliphatic rings. The summed E-state index contributed by atoms with van der Waals surface area (Å²) >= 11 is 0. The number of alkyl halides is 12. The lowest BCUT2D eigenvalue weighted by Gasteiger charge is -2.53. The van der Waals surface area contributed by atoms with Gasteiger partial charge >= 0.3 is 42.6 Å². The number of fused-ring (bicyclic) bond motifs is 1. The summed E-state index contributed by atoms with van der Waals surface area (Å²) in [5.74, 6) is -9.52. The average Bonchev–Trinajstić information content (AvgIpc) is 3.90. The Labute approximate surface area is 363 Å². The minimum absolute atomic E-state index is 0.0541. The molecular formula is C36H38F12N10O8. The number of aromatic amines is 1. The number of carboxylic acids is 3. The van der Waals surface area contributed by atoms with Crippen molar-refractivity contribution in [1.29, 1.82) is 5.26 Å². The molecule has 364 valence electrons. The van der Waals surface area contributed by atoms with Gasteiger partial charge in [0.2, 0.25) is 11.7 Å². The maximum absolute atomic E-state index is 13.5. The molecule has 0 spiro atoms. The van der Waals surface area contributed by atoms with E-state index in [-0.39, 0.29) is 30.3 Å². The molecule has 0 atom stereocenters. The molecule has 5 heterocycles. The first kappa shape index (κ1) is 54.0. The van der Waals surface area contributed by atoms with Crippen molar-refractivity contribution >= 4 is 28.9 Å². The number of likely N-dealkylation sites (tertiary alicyclic amines) is 1. The first-order valence-electron chi connectivity index (χ1n) is 18.8. The number of ether oxygens (including phenoxy) is 2. The van der Waals surface area contributed by atoms with Crippen LogP contribution in [0.2, 0.25) is 0 Å². The predicted molar refractivity (Wildman–Crippen MR) is 198 cm³/mol. The van der Waals surface area contributed by atoms with Gasteiger partial charge in [-0.15, -0.1) is 0 Å². The number of hydrogen-bond acceptors (Lipinski definition) is 13. The van der Waals surface area contributed by atoms with Crippen molar-refractivity contribution in [2.45, 2.75) is 87.5 Å². The molecule has 1 saturated carbocycles. The normalized spacial score (nSPS) is 17.3. The fourth-order valence-corrected chi connectivity index (χ4v) is 6.27. The summed E-state index contributed by atoms with van der Waals surface area (Å²) < 4.78 is 149. The third-order valence-corrected chi connectivity index (χ3v) is 9.29. The van der Waals surface area contributed by atoms with E-state index in [1.165, 1.54) is 12.4 Å². The number of carbonyl (C=O) groups is 3. The van der Waals surface area contributed by atoms with E-state index >= 15 is 0 Å². The number of nitriles is 1. The van der Waals surface area contributed by atoms with Crippen LogP contribution in [0, 0.1) is 11.3 Å². The highest BCUT2D eigenvalue weighted by molar-refractivity contribution is 5.90. The molecule has 0 bridgehead atoms. The second kappa shape index (κ2) is 22.7. The number of H-pyrrole nitrogens is 1. The number of aromatic nitrogens is 7. The van der Waals surface area contributed by atoms with Crippen LogP contribution in [-0.4, -0.2) is 137 Å². The van der Waals surface area contributed by atoms with Gasteiger partial charge < -0.3 is 35.1 Å². The SMILES string of the molecule is COCCCNCc1cc(OC2CCC(N3CC(CC#N)(n4cc(-c5ncnc6[nH]ccc56)cn4)C3)CC2)nc(C(F)(F)F)n1.O=C(O)C(F)(F)F.O=C(O)C(F)(F)F.O=C(O)C(F)(F)F. The van der Waals surface area contributed by atoms with Gasteiger partial charge in [0.25, 0.3) is 0 Å². The highest BCUT2D eigenvalue weighted by Crippen LogP contribution is 2.39. The van der Waals surface area contributed by atoms with Gasteiger partial charge in [0.1, 0.15) is 23.6 Å². The molecule has 6 rings (SSSR count). The standard InChI is InChI=1S/C30H35F3N10O2.3C2HF3O2/c1-44-12-2-10-35-15-21-13-25(41-28(40-21)30(31,32)33)45-23-5-3-22(4-6-23)42-17-29(18-42,8-9-34)43-16-20(14-39-43)26-24-7-11-36-27(24)38-19-37-26;3*3-2(4,5)1(6)7/h7,11,13-14,16,19,22-23,35H,2-6,8,10,12,15,17-18H2,1H3,(H,36,37,38);3*(H,6,7). The zero-order chi connectivity index (χ0) is 49.7. The van der Waals surface area contributed by atoms with E-state index in [1.807, 2.05) is 23.1 Å². The second-order valence-corrected chi connectivity index (χ2v) is 14.1. The quantitative estimate of drug-likeness (QED) is 0.0810. The van der Waals surface area contributed by atoms with Crippen molar-refractivity contribution in [2.24, 2.45) is 0 Å². The van der Waals surface area contributed by atoms with Crippen molar-refractivity contribution in [2.75, 3.05) is 33.4 Å². The molecule has 0 radical (unpaired) electrons. The van der Waals surface area contributed by atoms with Gasteiger partial charge in [0.15, 0.2) is 0 Å². The fraction of sp³-hybridized carbons (Fsp3) is 0.528. The van der Waals surface area contributed by atoms with Gasteiger partial charge in [-0.1, -0.05) is 0 Å². The van der Waals surface area contributed by atoms with Crippen LogP contribution in [0.1, 0.15) is 50.0 Å². The number of rotatable bonds is 12. The Morgan fingerprint density at radius 2 is 1.48 bits per heavy atom. The van der Waals surface area contributed by atoms with E-state index in [1.54, 1.807) is 13.3 Å². The molecule has 18 nitrogen and oxygen atoms in total. The Morgan fingerprint density at radius 1 is 0.909 bits per heavy atom. The van der Waals surface area contributed by atoms with Crippen LogP contribution in [0.4, 0.5) is 52.7 Å². The first-order chi connectivity index (χ1) is 30.6. The topological polar surface area (TPSA) is 255 Å². The van der Waals surface area contributed by atoms with Crippen molar-refractivity contribution < 1.29 is 91.9 Å². The number of aliphatic carboxylic acids is 3. The molecule has 5 N–H and O–H groups in total. The minimum Gasteiger partial charge on any atom is -0.475 e. The van der Waals surface area contributed by atoms with E-state index in [0.717, 1.165) is 41.6 Å². The Balaban J connectivity index is 0.000000457. The predicted octanol–water partition coefficient (Wildman–Crippen LogP) is 5.97. The molecule has 4 aromatic heterocycles. The van der Waals surface area contributed by atoms with Crippen LogP contribution in [0.5, 0.6) is 5.88 Å². The van der Waals surface area contributed by atoms with Crippen molar-refractivity contribution in [3.8, 4) is 23.2 Å². The Hall–Kier alpha value is -6.35. The molecule has 0 unspecified atom stereocenters. The van der Waals surface area contributed by atoms with Gasteiger partial charge in [0, 0.05) is 68.8 Å². The van der Waals surface area contributed by atoms with Crippen LogP contribution >= 0.6 is 0 Å². The van der Waals surface area contributed by atoms with E-state index in [4.69, 9.17) is 39.2 Å². The van der Waals surface area contributed by atoms with Crippen LogP contribution in [0.25, 0.3) is 22.3 Å². The number of nitrogens with one attached hydrogen (secondary N) is 2. The molecule has 1 saturated heterocycles. The summed E-state index contributed by atoms with van der Waals surface area (Å²) in [6, 6.07) is 6.04. The summed E-state index contributed by atoms with van der Waals surface area (Å²) in [7, 11) is 1.60. The first-order valence-corrected chi connectivity index (χ1v) is 18.8. The summed E-state index contributed by atoms with van der Waals surface area (Å²) in [6.07, 6.45) is -9.00. The monoisotopic (exact) mass is 966 g/mol. The van der Waals surface area contributed by atoms with Crippen molar-refractivity contribution in [1.82, 2.24) is 44.9 Å². The van der Waals surface area contributed by atoms with Crippen LogP contribution in [0.15, 0.2) is 37.1 Å². The van der Waals surface area contributed by atoms with Gasteiger partial charge in [-0.05, 0) is 44.7 Å². The molecule has 30 heteroatoms. The van der Waals surface area contributed by atoms with Crippen LogP contribution < -0.4 is 10.1 Å². The number of methoxy groups -OCH3 is 1. The summed E-state index contributed by atoms with van der Waals surface area (Å²) in [5, 5.41) is 39.7. The van der Waals surface area contributed by atoms with Gasteiger partial charge in [-0.2, -0.15) is 68.0 Å². The third-order valence-electron chi connectivity index (χ3n) is 9.29. The molecule has 1 aliphatic heterocycles. The molecular weight excluding hydrogens is 928 g/mol. The summed E-state index contributed by atoms with van der Waals surface area (Å²) in [5.41, 5.74) is 2.19. The molecule has 4 aromatic rings. The zero-order valence-electron chi connectivity index (χ0n) is 33.9. The smallest absolute Gasteiger partial charge is 0.475 e. The minimum atomic E-state index is -5.08. The lowest BCUT2D eigenvalue weighted by Crippen LogP contribution is -2.65. The highest BCUT2D eigenvalue weighted by Gasteiger charge is 2.48. The van der Waals surface area contributed by atoms with E-state index in [9.17, 15) is 57.9 Å². The van der Waals surface area contributed by atoms with E-state index in [0.29, 0.717) is 45.5 Å². The molecule has 0 aromatic carbocycles. The van der Waals surface area contributed by atoms with Crippen molar-refractivity contribution in [3.05, 3.63) is 48.6 Å². The lowest BCUT2D eigenvalue weighted by molar-refractivity contribution is -0.193. The molecule has 66 heavy (non-hydrogen) atoms. The molecule has 1 aliphatic carbocycles. The Kier molecular flexibility index (Phi) is 18.6. The average molecular weight is 967 g/mol. The van der Waals surface area contributed by atoms with Crippen molar-refractivity contribution in [3.63, 3.8) is 0 Å². The van der Waals surface area contributed by atoms with Crippen LogP contribution in [0.3, 0.4) is 0 Å². The largest absolute Gasteiger partial charge is 0.490 e. The summed E-state index contributed by atoms with van der Waals surface area (Å²) in [6.45, 7) is 2.69. The Morgan fingerprint density at radius 3 is 2.00 bits per heavy atom. The zero-order valence-corrected chi connectivity index (χ0v) is 33.9. The fourth-order valence-electron chi connectivity index (χ4n) is 6.27. The van der Waals surface area contributed by atoms with Crippen LogP contribution in [-0.2, 0) is 37.4 Å². The maximum atomic E-state index is 13.5. The maximum Gasteiger partial charge on any atom is 0.490 e. The molecule has 0 amide bonds. The highest BCUT2D eigenvalue weighted by atomic mass is 19.4.